The fourth-order valence-electron chi connectivity index (χ4n) is 2.74. The van der Waals surface area contributed by atoms with Crippen molar-refractivity contribution in [2.45, 2.75) is 57.2 Å². The fourth-order valence-corrected chi connectivity index (χ4v) is 2.74. The molecule has 0 spiro atoms. The van der Waals surface area contributed by atoms with Crippen molar-refractivity contribution in [2.75, 3.05) is 0 Å². The third kappa shape index (κ3) is 4.14. The van der Waals surface area contributed by atoms with Crippen LogP contribution in [0.15, 0.2) is 30.3 Å². The first kappa shape index (κ1) is 12.6. The van der Waals surface area contributed by atoms with Crippen LogP contribution in [0.4, 0.5) is 0 Å². The first-order valence-corrected chi connectivity index (χ1v) is 6.72. The van der Waals surface area contributed by atoms with E-state index in [2.05, 4.69) is 42.6 Å². The quantitative estimate of drug-likeness (QED) is 0.837. The van der Waals surface area contributed by atoms with E-state index in [9.17, 15) is 5.11 Å². The molecule has 0 radical (unpaired) electrons. The minimum absolute atomic E-state index is 0.0924. The topological polar surface area (TPSA) is 32.3 Å². The number of hydrogen-bond donors (Lipinski definition) is 2. The molecule has 0 aromatic heterocycles. The lowest BCUT2D eigenvalue weighted by Crippen LogP contribution is -2.41. The molecule has 1 aliphatic carbocycles. The summed E-state index contributed by atoms with van der Waals surface area (Å²) in [5, 5.41) is 13.3. The minimum Gasteiger partial charge on any atom is -0.393 e. The molecular formula is C15H23NO. The lowest BCUT2D eigenvalue weighted by molar-refractivity contribution is 0.109. The predicted molar refractivity (Wildman–Crippen MR) is 71.0 cm³/mol. The van der Waals surface area contributed by atoms with Crippen molar-refractivity contribution in [1.82, 2.24) is 5.32 Å². The maximum atomic E-state index is 9.64. The summed E-state index contributed by atoms with van der Waals surface area (Å²) < 4.78 is 0. The average Bonchev–Trinajstić information content (AvgIpc) is 2.30. The molecule has 3 unspecified atom stereocenters. The van der Waals surface area contributed by atoms with Crippen LogP contribution in [0.2, 0.25) is 0 Å². The summed E-state index contributed by atoms with van der Waals surface area (Å²) in [5.41, 5.74) is 1.38. The van der Waals surface area contributed by atoms with Gasteiger partial charge in [-0.1, -0.05) is 30.3 Å². The third-order valence-corrected chi connectivity index (χ3v) is 3.55. The van der Waals surface area contributed by atoms with Crippen LogP contribution in [0.5, 0.6) is 0 Å². The molecule has 1 aliphatic rings. The summed E-state index contributed by atoms with van der Waals surface area (Å²) in [7, 11) is 0. The van der Waals surface area contributed by atoms with E-state index in [1.54, 1.807) is 0 Å². The van der Waals surface area contributed by atoms with Gasteiger partial charge in [-0.3, -0.25) is 0 Å². The van der Waals surface area contributed by atoms with E-state index in [0.717, 1.165) is 25.7 Å². The average molecular weight is 233 g/mol. The van der Waals surface area contributed by atoms with Crippen molar-refractivity contribution in [3.05, 3.63) is 35.9 Å². The SMILES string of the molecule is CC(Cc1ccccc1)NC1CCCC(O)C1. The summed E-state index contributed by atoms with van der Waals surface area (Å²) in [6, 6.07) is 11.6. The van der Waals surface area contributed by atoms with Crippen LogP contribution >= 0.6 is 0 Å². The second kappa shape index (κ2) is 6.18. The summed E-state index contributed by atoms with van der Waals surface area (Å²) in [6.07, 6.45) is 5.22. The molecule has 1 aromatic rings. The highest BCUT2D eigenvalue weighted by molar-refractivity contribution is 5.15. The van der Waals surface area contributed by atoms with Gasteiger partial charge in [-0.2, -0.15) is 0 Å². The lowest BCUT2D eigenvalue weighted by atomic mass is 9.92. The van der Waals surface area contributed by atoms with Crippen molar-refractivity contribution in [2.24, 2.45) is 0 Å². The van der Waals surface area contributed by atoms with Crippen molar-refractivity contribution in [3.8, 4) is 0 Å². The zero-order valence-electron chi connectivity index (χ0n) is 10.6. The van der Waals surface area contributed by atoms with Gasteiger partial charge < -0.3 is 10.4 Å². The Morgan fingerprint density at radius 3 is 2.76 bits per heavy atom. The Morgan fingerprint density at radius 2 is 2.06 bits per heavy atom. The van der Waals surface area contributed by atoms with Crippen molar-refractivity contribution in [1.29, 1.82) is 0 Å². The molecular weight excluding hydrogens is 210 g/mol. The van der Waals surface area contributed by atoms with Crippen LogP contribution in [-0.4, -0.2) is 23.3 Å². The Labute approximate surface area is 104 Å². The lowest BCUT2D eigenvalue weighted by Gasteiger charge is -2.29. The van der Waals surface area contributed by atoms with E-state index in [-0.39, 0.29) is 6.10 Å². The van der Waals surface area contributed by atoms with Gasteiger partial charge in [0.1, 0.15) is 0 Å². The van der Waals surface area contributed by atoms with Crippen LogP contribution in [-0.2, 0) is 6.42 Å². The molecule has 3 atom stereocenters. The van der Waals surface area contributed by atoms with Crippen molar-refractivity contribution in [3.63, 3.8) is 0 Å². The molecule has 94 valence electrons. The molecule has 1 saturated carbocycles. The molecule has 0 heterocycles. The summed E-state index contributed by atoms with van der Waals surface area (Å²) in [4.78, 5) is 0. The molecule has 0 aliphatic heterocycles. The standard InChI is InChI=1S/C15H23NO/c1-12(10-13-6-3-2-4-7-13)16-14-8-5-9-15(17)11-14/h2-4,6-7,12,14-17H,5,8-11H2,1H3. The molecule has 2 rings (SSSR count). The smallest absolute Gasteiger partial charge is 0.0555 e. The molecule has 17 heavy (non-hydrogen) atoms. The van der Waals surface area contributed by atoms with Gasteiger partial charge in [-0.25, -0.2) is 0 Å². The van der Waals surface area contributed by atoms with E-state index in [1.807, 2.05) is 0 Å². The van der Waals surface area contributed by atoms with Crippen LogP contribution in [0, 0.1) is 0 Å². The molecule has 2 N–H and O–H groups in total. The number of hydrogen-bond acceptors (Lipinski definition) is 2. The third-order valence-electron chi connectivity index (χ3n) is 3.55. The molecule has 0 bridgehead atoms. The Balaban J connectivity index is 1.79. The monoisotopic (exact) mass is 233 g/mol. The van der Waals surface area contributed by atoms with E-state index >= 15 is 0 Å². The molecule has 0 saturated heterocycles. The first-order chi connectivity index (χ1) is 8.24. The van der Waals surface area contributed by atoms with Crippen molar-refractivity contribution >= 4 is 0 Å². The van der Waals surface area contributed by atoms with E-state index in [1.165, 1.54) is 12.0 Å². The van der Waals surface area contributed by atoms with E-state index in [0.29, 0.717) is 12.1 Å². The molecule has 1 aromatic carbocycles. The first-order valence-electron chi connectivity index (χ1n) is 6.72. The minimum atomic E-state index is -0.0924. The number of aliphatic hydroxyl groups excluding tert-OH is 1. The number of benzene rings is 1. The Bertz CT molecular complexity index is 325. The largest absolute Gasteiger partial charge is 0.393 e. The van der Waals surface area contributed by atoms with Gasteiger partial charge in [0.15, 0.2) is 0 Å². The summed E-state index contributed by atoms with van der Waals surface area (Å²) in [5.74, 6) is 0. The predicted octanol–water partition coefficient (Wildman–Crippen LogP) is 2.51. The summed E-state index contributed by atoms with van der Waals surface area (Å²) in [6.45, 7) is 2.23. The molecule has 0 amide bonds. The highest BCUT2D eigenvalue weighted by Crippen LogP contribution is 2.19. The maximum absolute atomic E-state index is 9.64. The molecule has 2 heteroatoms. The van der Waals surface area contributed by atoms with Gasteiger partial charge in [0.05, 0.1) is 6.10 Å². The van der Waals surface area contributed by atoms with Crippen LogP contribution < -0.4 is 5.32 Å². The van der Waals surface area contributed by atoms with E-state index < -0.39 is 0 Å². The second-order valence-corrected chi connectivity index (χ2v) is 5.27. The zero-order chi connectivity index (χ0) is 12.1. The van der Waals surface area contributed by atoms with Gasteiger partial charge in [0.25, 0.3) is 0 Å². The van der Waals surface area contributed by atoms with Gasteiger partial charge in [-0.05, 0) is 44.6 Å². The fraction of sp³-hybridized carbons (Fsp3) is 0.600. The molecule has 1 fully saturated rings. The van der Waals surface area contributed by atoms with E-state index in [4.69, 9.17) is 0 Å². The number of nitrogens with one attached hydrogen (secondary N) is 1. The number of aliphatic hydroxyl groups is 1. The van der Waals surface area contributed by atoms with Crippen molar-refractivity contribution < 1.29 is 5.11 Å². The normalized spacial score (nSPS) is 26.7. The Hall–Kier alpha value is -0.860. The second-order valence-electron chi connectivity index (χ2n) is 5.27. The zero-order valence-corrected chi connectivity index (χ0v) is 10.6. The summed E-state index contributed by atoms with van der Waals surface area (Å²) >= 11 is 0. The van der Waals surface area contributed by atoms with Gasteiger partial charge in [-0.15, -0.1) is 0 Å². The van der Waals surface area contributed by atoms with Gasteiger partial charge in [0, 0.05) is 12.1 Å². The van der Waals surface area contributed by atoms with Gasteiger partial charge in [0.2, 0.25) is 0 Å². The van der Waals surface area contributed by atoms with Crippen LogP contribution in [0.1, 0.15) is 38.2 Å². The van der Waals surface area contributed by atoms with Gasteiger partial charge >= 0.3 is 0 Å². The Morgan fingerprint density at radius 1 is 1.29 bits per heavy atom. The molecule has 2 nitrogen and oxygen atoms in total. The van der Waals surface area contributed by atoms with Crippen LogP contribution in [0.3, 0.4) is 0 Å². The van der Waals surface area contributed by atoms with Crippen LogP contribution in [0.25, 0.3) is 0 Å². The Kier molecular flexibility index (Phi) is 4.57. The highest BCUT2D eigenvalue weighted by atomic mass is 16.3. The number of rotatable bonds is 4. The highest BCUT2D eigenvalue weighted by Gasteiger charge is 2.21. The maximum Gasteiger partial charge on any atom is 0.0555 e.